The number of carboxylic acid groups (broad SMARTS) is 2. The van der Waals surface area contributed by atoms with E-state index < -0.39 is 44.6 Å². The van der Waals surface area contributed by atoms with Crippen molar-refractivity contribution >= 4 is 45.6 Å². The molecule has 170 valence electrons. The zero-order valence-corrected chi connectivity index (χ0v) is 17.6. The standard InChI is InChI=1S/C21H17N3O8S/c25-20(26)14-8-15(21(27)28)10-17(9-14)23(33(31)32)16-6-7-18(19(11-16)24(29)30)22-12-13-4-2-1-3-5-13/h1-11,22,33H,12H2,(H,25,26)(H,27,28). The molecule has 3 N–H and O–H groups in total. The van der Waals surface area contributed by atoms with Crippen molar-refractivity contribution in [3.63, 3.8) is 0 Å². The Morgan fingerprint density at radius 3 is 2.03 bits per heavy atom. The van der Waals surface area contributed by atoms with E-state index in [1.54, 1.807) is 0 Å². The van der Waals surface area contributed by atoms with Gasteiger partial charge in [-0.05, 0) is 35.9 Å². The van der Waals surface area contributed by atoms with Gasteiger partial charge in [0, 0.05) is 12.6 Å². The van der Waals surface area contributed by atoms with Gasteiger partial charge in [0.05, 0.1) is 27.4 Å². The summed E-state index contributed by atoms with van der Waals surface area (Å²) in [5.74, 6) is -2.93. The van der Waals surface area contributed by atoms with Gasteiger partial charge in [0.15, 0.2) is 0 Å². The maximum atomic E-state index is 12.0. The molecular formula is C21H17N3O8S. The van der Waals surface area contributed by atoms with Crippen molar-refractivity contribution in [1.29, 1.82) is 0 Å². The molecule has 0 aliphatic heterocycles. The van der Waals surface area contributed by atoms with Gasteiger partial charge in [-0.1, -0.05) is 30.3 Å². The smallest absolute Gasteiger partial charge is 0.335 e. The summed E-state index contributed by atoms with van der Waals surface area (Å²) in [6.07, 6.45) is 0. The number of nitro groups is 1. The predicted molar refractivity (Wildman–Crippen MR) is 120 cm³/mol. The molecule has 12 heteroatoms. The first-order chi connectivity index (χ1) is 15.7. The number of hydrogen-bond donors (Lipinski definition) is 4. The molecule has 3 rings (SSSR count). The van der Waals surface area contributed by atoms with Crippen LogP contribution in [0.25, 0.3) is 0 Å². The largest absolute Gasteiger partial charge is 0.478 e. The van der Waals surface area contributed by atoms with Crippen molar-refractivity contribution in [1.82, 2.24) is 0 Å². The van der Waals surface area contributed by atoms with E-state index in [1.807, 2.05) is 30.3 Å². The second-order valence-corrected chi connectivity index (χ2v) is 7.60. The van der Waals surface area contributed by atoms with Crippen molar-refractivity contribution in [2.24, 2.45) is 0 Å². The summed E-state index contributed by atoms with van der Waals surface area (Å²) < 4.78 is 24.7. The molecule has 0 unspecified atom stereocenters. The van der Waals surface area contributed by atoms with Crippen LogP contribution in [0, 0.1) is 10.1 Å². The van der Waals surface area contributed by atoms with Gasteiger partial charge in [0.25, 0.3) is 5.69 Å². The van der Waals surface area contributed by atoms with E-state index in [1.165, 1.54) is 12.1 Å². The highest BCUT2D eigenvalue weighted by molar-refractivity contribution is 7.74. The van der Waals surface area contributed by atoms with E-state index in [-0.39, 0.29) is 23.6 Å². The summed E-state index contributed by atoms with van der Waals surface area (Å²) in [5.41, 5.74) is -0.779. The number of anilines is 3. The Bertz CT molecular complexity index is 1270. The Morgan fingerprint density at radius 2 is 1.52 bits per heavy atom. The molecule has 0 saturated heterocycles. The maximum Gasteiger partial charge on any atom is 0.335 e. The molecule has 0 heterocycles. The van der Waals surface area contributed by atoms with Crippen LogP contribution in [0.15, 0.2) is 66.7 Å². The van der Waals surface area contributed by atoms with E-state index in [4.69, 9.17) is 0 Å². The van der Waals surface area contributed by atoms with Crippen molar-refractivity contribution in [3.05, 3.63) is 93.5 Å². The number of thiol groups is 1. The van der Waals surface area contributed by atoms with Crippen molar-refractivity contribution in [3.8, 4) is 0 Å². The van der Waals surface area contributed by atoms with Gasteiger partial charge in [-0.15, -0.1) is 0 Å². The lowest BCUT2D eigenvalue weighted by Crippen LogP contribution is -2.17. The average Bonchev–Trinajstić information content (AvgIpc) is 2.78. The maximum absolute atomic E-state index is 12.0. The molecule has 0 fully saturated rings. The van der Waals surface area contributed by atoms with Crippen LogP contribution in [0.3, 0.4) is 0 Å². The number of nitro benzene ring substituents is 1. The molecule has 0 atom stereocenters. The number of nitrogens with one attached hydrogen (secondary N) is 1. The van der Waals surface area contributed by atoms with Crippen molar-refractivity contribution in [2.45, 2.75) is 6.54 Å². The Balaban J connectivity index is 2.05. The number of carboxylic acids is 2. The molecule has 0 amide bonds. The van der Waals surface area contributed by atoms with Gasteiger partial charge in [0.2, 0.25) is 10.9 Å². The van der Waals surface area contributed by atoms with Gasteiger partial charge in [0.1, 0.15) is 5.69 Å². The third kappa shape index (κ3) is 5.43. The van der Waals surface area contributed by atoms with E-state index in [0.29, 0.717) is 4.31 Å². The fourth-order valence-corrected chi connectivity index (χ4v) is 3.68. The Kier molecular flexibility index (Phi) is 6.88. The van der Waals surface area contributed by atoms with Gasteiger partial charge in [-0.25, -0.2) is 22.3 Å². The molecule has 0 aliphatic rings. The molecule has 33 heavy (non-hydrogen) atoms. The number of carbonyl (C=O) groups is 2. The normalized spacial score (nSPS) is 10.6. The van der Waals surface area contributed by atoms with Gasteiger partial charge >= 0.3 is 11.9 Å². The molecule has 3 aromatic rings. The van der Waals surface area contributed by atoms with E-state index >= 15 is 0 Å². The second-order valence-electron chi connectivity index (χ2n) is 6.73. The third-order valence-electron chi connectivity index (χ3n) is 4.57. The summed E-state index contributed by atoms with van der Waals surface area (Å²) in [7, 11) is -3.46. The topological polar surface area (TPSA) is 167 Å². The number of nitrogens with zero attached hydrogens (tertiary/aromatic N) is 2. The highest BCUT2D eigenvalue weighted by Crippen LogP contribution is 2.34. The number of hydrogen-bond acceptors (Lipinski definition) is 7. The first kappa shape index (κ1) is 23.2. The first-order valence-corrected chi connectivity index (χ1v) is 10.4. The van der Waals surface area contributed by atoms with Crippen LogP contribution in [0.5, 0.6) is 0 Å². The lowest BCUT2D eigenvalue weighted by Gasteiger charge is -2.19. The van der Waals surface area contributed by atoms with Gasteiger partial charge < -0.3 is 15.5 Å². The zero-order chi connectivity index (χ0) is 24.1. The van der Waals surface area contributed by atoms with Crippen LogP contribution in [0.2, 0.25) is 0 Å². The summed E-state index contributed by atoms with van der Waals surface area (Å²) in [4.78, 5) is 33.7. The molecule has 0 saturated carbocycles. The molecule has 0 radical (unpaired) electrons. The minimum atomic E-state index is -3.46. The monoisotopic (exact) mass is 471 g/mol. The highest BCUT2D eigenvalue weighted by atomic mass is 32.2. The Morgan fingerprint density at radius 1 is 0.909 bits per heavy atom. The van der Waals surface area contributed by atoms with Crippen LogP contribution >= 0.6 is 0 Å². The zero-order valence-electron chi connectivity index (χ0n) is 16.7. The van der Waals surface area contributed by atoms with Crippen LogP contribution in [0.1, 0.15) is 26.3 Å². The molecule has 0 spiro atoms. The lowest BCUT2D eigenvalue weighted by atomic mass is 10.1. The molecule has 11 nitrogen and oxygen atoms in total. The van der Waals surface area contributed by atoms with Crippen LogP contribution in [-0.2, 0) is 17.4 Å². The first-order valence-electron chi connectivity index (χ1n) is 9.29. The number of aromatic carboxylic acids is 2. The lowest BCUT2D eigenvalue weighted by molar-refractivity contribution is -0.383. The predicted octanol–water partition coefficient (Wildman–Crippen LogP) is 3.27. The molecule has 0 aliphatic carbocycles. The average molecular weight is 471 g/mol. The van der Waals surface area contributed by atoms with E-state index in [9.17, 15) is 38.3 Å². The molecule has 0 bridgehead atoms. The van der Waals surface area contributed by atoms with Gasteiger partial charge in [-0.3, -0.25) is 10.1 Å². The van der Waals surface area contributed by atoms with Crippen molar-refractivity contribution < 1.29 is 33.1 Å². The number of rotatable bonds is 9. The van der Waals surface area contributed by atoms with Crippen LogP contribution in [0.4, 0.5) is 22.7 Å². The number of benzene rings is 3. The minimum absolute atomic E-state index is 0.138. The van der Waals surface area contributed by atoms with Gasteiger partial charge in [-0.2, -0.15) is 0 Å². The fourth-order valence-electron chi connectivity index (χ4n) is 3.06. The summed E-state index contributed by atoms with van der Waals surface area (Å²) in [6.45, 7) is 0.281. The van der Waals surface area contributed by atoms with Crippen molar-refractivity contribution in [2.75, 3.05) is 9.62 Å². The van der Waals surface area contributed by atoms with E-state index in [0.717, 1.165) is 29.8 Å². The SMILES string of the molecule is O=C(O)c1cc(C(=O)O)cc(N(c2ccc(NCc3ccccc3)c([N+](=O)[O-])c2)[SH](=O)=O)c1. The van der Waals surface area contributed by atoms with Crippen LogP contribution < -0.4 is 9.62 Å². The molecular weight excluding hydrogens is 454 g/mol. The van der Waals surface area contributed by atoms with Crippen LogP contribution in [-0.4, -0.2) is 35.5 Å². The highest BCUT2D eigenvalue weighted by Gasteiger charge is 2.22. The second kappa shape index (κ2) is 9.78. The fraction of sp³-hybridized carbons (Fsp3) is 0.0476. The summed E-state index contributed by atoms with van der Waals surface area (Å²) in [6, 6.07) is 15.5. The molecule has 0 aromatic heterocycles. The summed E-state index contributed by atoms with van der Waals surface area (Å²) in [5, 5.41) is 33.1. The quantitative estimate of drug-likeness (QED) is 0.208. The van der Waals surface area contributed by atoms with E-state index in [2.05, 4.69) is 5.32 Å². The Labute approximate surface area is 188 Å². The minimum Gasteiger partial charge on any atom is -0.478 e. The third-order valence-corrected chi connectivity index (χ3v) is 5.36. The molecule has 3 aromatic carbocycles. The summed E-state index contributed by atoms with van der Waals surface area (Å²) >= 11 is 0. The Hall–Kier alpha value is -4.45.